The van der Waals surface area contributed by atoms with E-state index >= 15 is 0 Å². The summed E-state index contributed by atoms with van der Waals surface area (Å²) in [6.07, 6.45) is 0. The fourth-order valence-electron chi connectivity index (χ4n) is 2.88. The predicted octanol–water partition coefficient (Wildman–Crippen LogP) is 2.62. The molecule has 1 aromatic rings. The predicted molar refractivity (Wildman–Crippen MR) is 91.5 cm³/mol. The van der Waals surface area contributed by atoms with E-state index in [1.807, 2.05) is 0 Å². The fourth-order valence-corrected chi connectivity index (χ4v) is 3.13. The lowest BCUT2D eigenvalue weighted by atomic mass is 10.0. The van der Waals surface area contributed by atoms with Gasteiger partial charge in [0.1, 0.15) is 5.82 Å². The third-order valence-corrected chi connectivity index (χ3v) is 4.86. The van der Waals surface area contributed by atoms with Gasteiger partial charge in [-0.2, -0.15) is 0 Å². The van der Waals surface area contributed by atoms with E-state index < -0.39 is 11.7 Å². The monoisotopic (exact) mass is 341 g/mol. The van der Waals surface area contributed by atoms with Gasteiger partial charge in [-0.25, -0.2) is 4.39 Å². The first kappa shape index (κ1) is 18.2. The molecule has 6 heteroatoms. The minimum absolute atomic E-state index is 0.0826. The fraction of sp³-hybridized carbons (Fsp3) is 0.588. The van der Waals surface area contributed by atoms with E-state index in [-0.39, 0.29) is 16.1 Å². The van der Waals surface area contributed by atoms with Crippen molar-refractivity contribution in [2.45, 2.75) is 26.3 Å². The SMILES string of the molecule is CCN1CCN(C(C)(C)CNC(=O)c2c(F)cccc2Cl)CC1. The summed E-state index contributed by atoms with van der Waals surface area (Å²) in [6.45, 7) is 11.9. The molecule has 23 heavy (non-hydrogen) atoms. The number of nitrogens with one attached hydrogen (secondary N) is 1. The highest BCUT2D eigenvalue weighted by Crippen LogP contribution is 2.20. The maximum absolute atomic E-state index is 13.8. The number of hydrogen-bond donors (Lipinski definition) is 1. The van der Waals surface area contributed by atoms with Crippen molar-refractivity contribution in [2.75, 3.05) is 39.3 Å². The van der Waals surface area contributed by atoms with Crippen molar-refractivity contribution in [1.29, 1.82) is 0 Å². The van der Waals surface area contributed by atoms with Crippen molar-refractivity contribution in [3.05, 3.63) is 34.6 Å². The Morgan fingerprint density at radius 1 is 1.30 bits per heavy atom. The molecule has 0 aliphatic carbocycles. The summed E-state index contributed by atoms with van der Waals surface area (Å²) in [5.74, 6) is -1.06. The normalized spacial score (nSPS) is 17.3. The van der Waals surface area contributed by atoms with E-state index in [1.165, 1.54) is 18.2 Å². The standard InChI is InChI=1S/C17H25ClFN3O/c1-4-21-8-10-22(11-9-21)17(2,3)12-20-16(23)15-13(18)6-5-7-14(15)19/h5-7H,4,8-12H2,1-3H3,(H,20,23). The molecule has 1 aliphatic heterocycles. The topological polar surface area (TPSA) is 35.6 Å². The molecular weight excluding hydrogens is 317 g/mol. The molecule has 0 aromatic heterocycles. The Hall–Kier alpha value is -1.17. The van der Waals surface area contributed by atoms with Crippen molar-refractivity contribution in [3.8, 4) is 0 Å². The molecule has 0 bridgehead atoms. The molecule has 128 valence electrons. The highest BCUT2D eigenvalue weighted by Gasteiger charge is 2.30. The number of rotatable bonds is 5. The van der Waals surface area contributed by atoms with Crippen LogP contribution in [0.3, 0.4) is 0 Å². The van der Waals surface area contributed by atoms with E-state index in [2.05, 4.69) is 35.9 Å². The number of piperazine rings is 1. The Balaban J connectivity index is 1.95. The van der Waals surface area contributed by atoms with Crippen LogP contribution in [-0.2, 0) is 0 Å². The van der Waals surface area contributed by atoms with Crippen LogP contribution in [0, 0.1) is 5.82 Å². The van der Waals surface area contributed by atoms with Crippen LogP contribution in [0.4, 0.5) is 4.39 Å². The minimum atomic E-state index is -0.593. The van der Waals surface area contributed by atoms with Gasteiger partial charge in [0.05, 0.1) is 10.6 Å². The largest absolute Gasteiger partial charge is 0.350 e. The summed E-state index contributed by atoms with van der Waals surface area (Å²) in [6, 6.07) is 4.26. The lowest BCUT2D eigenvalue weighted by molar-refractivity contribution is 0.0521. The number of hydrogen-bond acceptors (Lipinski definition) is 3. The van der Waals surface area contributed by atoms with Gasteiger partial charge in [-0.15, -0.1) is 0 Å². The first-order valence-electron chi connectivity index (χ1n) is 8.05. The highest BCUT2D eigenvalue weighted by atomic mass is 35.5. The molecule has 1 aliphatic rings. The molecule has 1 saturated heterocycles. The molecule has 1 fully saturated rings. The van der Waals surface area contributed by atoms with Gasteiger partial charge in [0, 0.05) is 38.3 Å². The molecule has 0 unspecified atom stereocenters. The van der Waals surface area contributed by atoms with E-state index in [0.717, 1.165) is 32.7 Å². The maximum atomic E-state index is 13.8. The van der Waals surface area contributed by atoms with Crippen molar-refractivity contribution in [3.63, 3.8) is 0 Å². The van der Waals surface area contributed by atoms with Gasteiger partial charge in [0.2, 0.25) is 0 Å². The zero-order valence-electron chi connectivity index (χ0n) is 14.0. The zero-order chi connectivity index (χ0) is 17.0. The van der Waals surface area contributed by atoms with Gasteiger partial charge in [0.15, 0.2) is 0 Å². The lowest BCUT2D eigenvalue weighted by Crippen LogP contribution is -2.58. The summed E-state index contributed by atoms with van der Waals surface area (Å²) in [4.78, 5) is 17.0. The minimum Gasteiger partial charge on any atom is -0.350 e. The molecule has 2 rings (SSSR count). The van der Waals surface area contributed by atoms with Crippen LogP contribution in [-0.4, -0.2) is 60.5 Å². The molecule has 1 amide bonds. The first-order chi connectivity index (χ1) is 10.8. The van der Waals surface area contributed by atoms with Gasteiger partial charge in [-0.1, -0.05) is 24.6 Å². The number of carbonyl (C=O) groups is 1. The Labute approximate surface area is 142 Å². The number of benzene rings is 1. The summed E-state index contributed by atoms with van der Waals surface area (Å²) in [5.41, 5.74) is -0.270. The number of carbonyl (C=O) groups excluding carboxylic acids is 1. The van der Waals surface area contributed by atoms with Crippen LogP contribution >= 0.6 is 11.6 Å². The summed E-state index contributed by atoms with van der Waals surface area (Å²) >= 11 is 5.94. The second kappa shape index (κ2) is 7.60. The summed E-state index contributed by atoms with van der Waals surface area (Å²) in [7, 11) is 0. The maximum Gasteiger partial charge on any atom is 0.255 e. The van der Waals surface area contributed by atoms with Crippen molar-refractivity contribution >= 4 is 17.5 Å². The zero-order valence-corrected chi connectivity index (χ0v) is 14.8. The van der Waals surface area contributed by atoms with E-state index in [9.17, 15) is 9.18 Å². The van der Waals surface area contributed by atoms with Crippen LogP contribution < -0.4 is 5.32 Å². The van der Waals surface area contributed by atoms with Crippen molar-refractivity contribution in [2.24, 2.45) is 0 Å². The molecule has 0 saturated carbocycles. The van der Waals surface area contributed by atoms with E-state index in [1.54, 1.807) is 0 Å². The van der Waals surface area contributed by atoms with E-state index in [0.29, 0.717) is 6.54 Å². The van der Waals surface area contributed by atoms with Crippen LogP contribution in [0.1, 0.15) is 31.1 Å². The van der Waals surface area contributed by atoms with Gasteiger partial charge in [-0.05, 0) is 32.5 Å². The number of halogens is 2. The molecule has 1 N–H and O–H groups in total. The molecule has 0 atom stereocenters. The molecule has 0 spiro atoms. The van der Waals surface area contributed by atoms with Crippen molar-refractivity contribution < 1.29 is 9.18 Å². The number of likely N-dealkylation sites (N-methyl/N-ethyl adjacent to an activating group) is 1. The van der Waals surface area contributed by atoms with Crippen molar-refractivity contribution in [1.82, 2.24) is 15.1 Å². The van der Waals surface area contributed by atoms with Crippen LogP contribution in [0.15, 0.2) is 18.2 Å². The Kier molecular flexibility index (Phi) is 6.00. The van der Waals surface area contributed by atoms with Crippen LogP contribution in [0.5, 0.6) is 0 Å². The lowest BCUT2D eigenvalue weighted by Gasteiger charge is -2.44. The third-order valence-electron chi connectivity index (χ3n) is 4.55. The second-order valence-corrected chi connectivity index (χ2v) is 6.92. The Morgan fingerprint density at radius 2 is 1.96 bits per heavy atom. The quantitative estimate of drug-likeness (QED) is 0.894. The molecule has 1 aromatic carbocycles. The summed E-state index contributed by atoms with van der Waals surface area (Å²) < 4.78 is 13.8. The van der Waals surface area contributed by atoms with Gasteiger partial charge >= 0.3 is 0 Å². The summed E-state index contributed by atoms with van der Waals surface area (Å²) in [5, 5.41) is 2.96. The van der Waals surface area contributed by atoms with Gasteiger partial charge < -0.3 is 10.2 Å². The number of amides is 1. The Morgan fingerprint density at radius 3 is 2.52 bits per heavy atom. The molecule has 1 heterocycles. The average Bonchev–Trinajstić information content (AvgIpc) is 2.53. The molecule has 4 nitrogen and oxygen atoms in total. The second-order valence-electron chi connectivity index (χ2n) is 6.51. The Bertz CT molecular complexity index is 537. The first-order valence-corrected chi connectivity index (χ1v) is 8.42. The van der Waals surface area contributed by atoms with E-state index in [4.69, 9.17) is 11.6 Å². The van der Waals surface area contributed by atoms with Gasteiger partial charge in [0.25, 0.3) is 5.91 Å². The third kappa shape index (κ3) is 4.43. The van der Waals surface area contributed by atoms with Crippen LogP contribution in [0.25, 0.3) is 0 Å². The van der Waals surface area contributed by atoms with Gasteiger partial charge in [-0.3, -0.25) is 9.69 Å². The molecule has 0 radical (unpaired) electrons. The number of nitrogens with zero attached hydrogens (tertiary/aromatic N) is 2. The molecular formula is C17H25ClFN3O. The van der Waals surface area contributed by atoms with Crippen LogP contribution in [0.2, 0.25) is 5.02 Å². The average molecular weight is 342 g/mol. The highest BCUT2D eigenvalue weighted by molar-refractivity contribution is 6.33. The smallest absolute Gasteiger partial charge is 0.255 e.